The van der Waals surface area contributed by atoms with Gasteiger partial charge in [-0.1, -0.05) is 37.1 Å². The average Bonchev–Trinajstić information content (AvgIpc) is 2.72. The molecule has 0 atom stereocenters. The number of aryl methyl sites for hydroxylation is 1. The summed E-state index contributed by atoms with van der Waals surface area (Å²) >= 11 is 0. The summed E-state index contributed by atoms with van der Waals surface area (Å²) < 4.78 is 12.3. The molecule has 2 heteroatoms. The molecule has 0 spiro atoms. The molecule has 0 aromatic heterocycles. The molecule has 1 aromatic carbocycles. The Labute approximate surface area is 158 Å². The van der Waals surface area contributed by atoms with Crippen molar-refractivity contribution in [2.75, 3.05) is 6.67 Å². The zero-order chi connectivity index (χ0) is 18.2. The third kappa shape index (κ3) is 5.66. The largest absolute Gasteiger partial charge is 0.303 e. The van der Waals surface area contributed by atoms with E-state index in [1.807, 2.05) is 0 Å². The van der Waals surface area contributed by atoms with Gasteiger partial charge in [0.15, 0.2) is 0 Å². The fourth-order valence-electron chi connectivity index (χ4n) is 5.10. The molecule has 2 aliphatic carbocycles. The first-order chi connectivity index (χ1) is 12.8. The Morgan fingerprint density at radius 2 is 1.42 bits per heavy atom. The summed E-state index contributed by atoms with van der Waals surface area (Å²) in [5.41, 5.74) is 2.75. The van der Waals surface area contributed by atoms with Crippen molar-refractivity contribution in [3.8, 4) is 0 Å². The normalized spacial score (nSPS) is 29.4. The lowest BCUT2D eigenvalue weighted by Gasteiger charge is -2.31. The van der Waals surface area contributed by atoms with Crippen molar-refractivity contribution in [1.29, 1.82) is 0 Å². The number of aldehydes is 1. The van der Waals surface area contributed by atoms with Crippen LogP contribution in [0, 0.1) is 17.8 Å². The van der Waals surface area contributed by atoms with Crippen LogP contribution in [0.4, 0.5) is 4.39 Å². The number of carbonyl (C=O) groups is 1. The van der Waals surface area contributed by atoms with Gasteiger partial charge in [0.1, 0.15) is 6.29 Å². The van der Waals surface area contributed by atoms with E-state index in [2.05, 4.69) is 24.3 Å². The summed E-state index contributed by atoms with van der Waals surface area (Å²) in [5, 5.41) is 0. The molecule has 1 aromatic rings. The van der Waals surface area contributed by atoms with Gasteiger partial charge in [-0.2, -0.15) is 0 Å². The SMILES string of the molecule is O=CC1CCC(CCC2CCC(c3ccc(CCCF)cc3)CC2)CC1. The van der Waals surface area contributed by atoms with Crippen molar-refractivity contribution >= 4 is 6.29 Å². The summed E-state index contributed by atoms with van der Waals surface area (Å²) in [6, 6.07) is 8.97. The van der Waals surface area contributed by atoms with Gasteiger partial charge in [0, 0.05) is 5.92 Å². The minimum absolute atomic E-state index is 0.218. The number of hydrogen-bond acceptors (Lipinski definition) is 1. The van der Waals surface area contributed by atoms with Crippen LogP contribution in [0.15, 0.2) is 24.3 Å². The minimum atomic E-state index is -0.218. The maximum Gasteiger partial charge on any atom is 0.123 e. The third-order valence-electron chi connectivity index (χ3n) is 6.96. The number of alkyl halides is 1. The zero-order valence-corrected chi connectivity index (χ0v) is 16.2. The number of benzene rings is 1. The van der Waals surface area contributed by atoms with Crippen molar-refractivity contribution in [3.05, 3.63) is 35.4 Å². The first kappa shape index (κ1) is 19.6. The molecule has 0 heterocycles. The van der Waals surface area contributed by atoms with Gasteiger partial charge in [0.25, 0.3) is 0 Å². The highest BCUT2D eigenvalue weighted by molar-refractivity contribution is 5.53. The molecule has 0 bridgehead atoms. The van der Waals surface area contributed by atoms with Crippen LogP contribution < -0.4 is 0 Å². The summed E-state index contributed by atoms with van der Waals surface area (Å²) in [6.45, 7) is -0.218. The Morgan fingerprint density at radius 1 is 0.846 bits per heavy atom. The van der Waals surface area contributed by atoms with Crippen molar-refractivity contribution in [3.63, 3.8) is 0 Å². The second-order valence-corrected chi connectivity index (χ2v) is 8.75. The second-order valence-electron chi connectivity index (χ2n) is 8.75. The van der Waals surface area contributed by atoms with Crippen LogP contribution in [0.3, 0.4) is 0 Å². The first-order valence-corrected chi connectivity index (χ1v) is 10.9. The van der Waals surface area contributed by atoms with E-state index < -0.39 is 0 Å². The number of hydrogen-bond donors (Lipinski definition) is 0. The molecule has 2 fully saturated rings. The monoisotopic (exact) mass is 358 g/mol. The minimum Gasteiger partial charge on any atom is -0.303 e. The smallest absolute Gasteiger partial charge is 0.123 e. The Kier molecular flexibility index (Phi) is 7.70. The van der Waals surface area contributed by atoms with Crippen LogP contribution in [-0.4, -0.2) is 13.0 Å². The molecule has 0 aliphatic heterocycles. The van der Waals surface area contributed by atoms with Crippen molar-refractivity contribution in [1.82, 2.24) is 0 Å². The molecule has 2 saturated carbocycles. The summed E-state index contributed by atoms with van der Waals surface area (Å²) in [6.07, 6.45) is 15.6. The van der Waals surface area contributed by atoms with Gasteiger partial charge in [-0.15, -0.1) is 0 Å². The summed E-state index contributed by atoms with van der Waals surface area (Å²) in [5.74, 6) is 2.87. The van der Waals surface area contributed by atoms with Gasteiger partial charge >= 0.3 is 0 Å². The topological polar surface area (TPSA) is 17.1 Å². The Hall–Kier alpha value is -1.18. The second kappa shape index (κ2) is 10.2. The lowest BCUT2D eigenvalue weighted by Crippen LogP contribution is -2.18. The quantitative estimate of drug-likeness (QED) is 0.476. The van der Waals surface area contributed by atoms with E-state index in [0.29, 0.717) is 12.3 Å². The Morgan fingerprint density at radius 3 is 1.96 bits per heavy atom. The van der Waals surface area contributed by atoms with E-state index in [4.69, 9.17) is 0 Å². The molecule has 1 nitrogen and oxygen atoms in total. The average molecular weight is 359 g/mol. The molecule has 2 aliphatic rings. The molecule has 144 valence electrons. The summed E-state index contributed by atoms with van der Waals surface area (Å²) in [4.78, 5) is 10.9. The molecule has 0 saturated heterocycles. The van der Waals surface area contributed by atoms with E-state index in [1.54, 1.807) is 0 Å². The molecule has 0 radical (unpaired) electrons. The molecule has 0 unspecified atom stereocenters. The predicted octanol–water partition coefficient (Wildman–Crippen LogP) is 6.65. The Bertz CT molecular complexity index is 522. The van der Waals surface area contributed by atoms with Gasteiger partial charge in [0.2, 0.25) is 0 Å². The van der Waals surface area contributed by atoms with Crippen molar-refractivity contribution < 1.29 is 9.18 Å². The number of halogens is 1. The Balaban J connectivity index is 1.37. The van der Waals surface area contributed by atoms with E-state index >= 15 is 0 Å². The van der Waals surface area contributed by atoms with Crippen LogP contribution in [0.5, 0.6) is 0 Å². The van der Waals surface area contributed by atoms with Crippen molar-refractivity contribution in [2.24, 2.45) is 17.8 Å². The highest BCUT2D eigenvalue weighted by atomic mass is 19.1. The van der Waals surface area contributed by atoms with Crippen LogP contribution in [0.1, 0.15) is 87.7 Å². The molecule has 0 N–H and O–H groups in total. The lowest BCUT2D eigenvalue weighted by molar-refractivity contribution is -0.112. The first-order valence-electron chi connectivity index (χ1n) is 10.9. The van der Waals surface area contributed by atoms with Crippen LogP contribution >= 0.6 is 0 Å². The number of carbonyl (C=O) groups excluding carboxylic acids is 1. The standard InChI is InChI=1S/C24H35FO/c25-17-1-2-19-9-13-23(14-10-19)24-15-11-21(12-16-24)4-3-20-5-7-22(18-26)8-6-20/h9-10,13-14,18,20-22,24H,1-8,11-12,15-17H2. The molecular formula is C24H35FO. The van der Waals surface area contributed by atoms with Gasteiger partial charge in [-0.05, 0) is 93.1 Å². The van der Waals surface area contributed by atoms with E-state index in [0.717, 1.165) is 37.0 Å². The van der Waals surface area contributed by atoms with Gasteiger partial charge in [-0.25, -0.2) is 0 Å². The third-order valence-corrected chi connectivity index (χ3v) is 6.96. The molecule has 3 rings (SSSR count). The van der Waals surface area contributed by atoms with Gasteiger partial charge in [-0.3, -0.25) is 4.39 Å². The van der Waals surface area contributed by atoms with Gasteiger partial charge in [0.05, 0.1) is 6.67 Å². The van der Waals surface area contributed by atoms with Crippen LogP contribution in [-0.2, 0) is 11.2 Å². The molecular weight excluding hydrogens is 323 g/mol. The van der Waals surface area contributed by atoms with Crippen LogP contribution in [0.2, 0.25) is 0 Å². The van der Waals surface area contributed by atoms with Crippen LogP contribution in [0.25, 0.3) is 0 Å². The van der Waals surface area contributed by atoms with Crippen molar-refractivity contribution in [2.45, 2.75) is 83.0 Å². The lowest BCUT2D eigenvalue weighted by atomic mass is 9.74. The number of rotatable bonds is 8. The highest BCUT2D eigenvalue weighted by Gasteiger charge is 2.25. The highest BCUT2D eigenvalue weighted by Crippen LogP contribution is 2.39. The fourth-order valence-corrected chi connectivity index (χ4v) is 5.10. The van der Waals surface area contributed by atoms with E-state index in [1.165, 1.54) is 68.8 Å². The summed E-state index contributed by atoms with van der Waals surface area (Å²) in [7, 11) is 0. The maximum atomic E-state index is 12.3. The van der Waals surface area contributed by atoms with E-state index in [-0.39, 0.29) is 6.67 Å². The molecule has 0 amide bonds. The zero-order valence-electron chi connectivity index (χ0n) is 16.2. The fraction of sp³-hybridized carbons (Fsp3) is 0.708. The predicted molar refractivity (Wildman–Crippen MR) is 106 cm³/mol. The van der Waals surface area contributed by atoms with Gasteiger partial charge < -0.3 is 4.79 Å². The van der Waals surface area contributed by atoms with E-state index in [9.17, 15) is 9.18 Å². The maximum absolute atomic E-state index is 12.3. The molecule has 26 heavy (non-hydrogen) atoms.